The molecule has 3 atom stereocenters. The van der Waals surface area contributed by atoms with Crippen molar-refractivity contribution in [2.45, 2.75) is 72.3 Å². The number of ketones is 1. The standard InChI is InChI=1S/C32H42N2O3.H2/c1-6-13-25-27(28(35)32(4,5)31(25,2)3)29(36)33-26-19-21-34(30(26)37)20-18-24(22-14-9-7-10-15-22)23-16-11-8-12-17-23;/h7-12,14-17,24-27H,6,13,18-21H2,1-5H3,(H,33,36);1H. The van der Waals surface area contributed by atoms with E-state index in [0.717, 1.165) is 19.3 Å². The predicted octanol–water partition coefficient (Wildman–Crippen LogP) is 5.84. The highest BCUT2D eigenvalue weighted by Gasteiger charge is 2.61. The average Bonchev–Trinajstić information content (AvgIpc) is 3.29. The van der Waals surface area contributed by atoms with Gasteiger partial charge in [0.15, 0.2) is 5.78 Å². The van der Waals surface area contributed by atoms with Crippen molar-refractivity contribution in [1.29, 1.82) is 0 Å². The van der Waals surface area contributed by atoms with Crippen molar-refractivity contribution in [3.8, 4) is 0 Å². The molecule has 1 aliphatic heterocycles. The van der Waals surface area contributed by atoms with E-state index >= 15 is 0 Å². The van der Waals surface area contributed by atoms with Gasteiger partial charge in [0.1, 0.15) is 12.0 Å². The Balaban J connectivity index is 0.00000400. The molecule has 3 unspecified atom stereocenters. The second-order valence-corrected chi connectivity index (χ2v) is 11.9. The summed E-state index contributed by atoms with van der Waals surface area (Å²) < 4.78 is 0. The Bertz CT molecular complexity index is 1080. The zero-order valence-corrected chi connectivity index (χ0v) is 23.0. The van der Waals surface area contributed by atoms with Crippen LogP contribution in [-0.2, 0) is 14.4 Å². The van der Waals surface area contributed by atoms with Gasteiger partial charge < -0.3 is 10.2 Å². The van der Waals surface area contributed by atoms with Gasteiger partial charge in [-0.15, -0.1) is 0 Å². The fourth-order valence-electron chi connectivity index (χ4n) is 6.45. The number of rotatable bonds is 9. The monoisotopic (exact) mass is 504 g/mol. The molecule has 4 rings (SSSR count). The molecular formula is C32H44N2O3. The van der Waals surface area contributed by atoms with Gasteiger partial charge in [-0.3, -0.25) is 14.4 Å². The number of likely N-dealkylation sites (tertiary alicyclic amines) is 1. The van der Waals surface area contributed by atoms with Crippen LogP contribution in [0.15, 0.2) is 60.7 Å². The first-order valence-electron chi connectivity index (χ1n) is 13.8. The minimum absolute atomic E-state index is 0. The van der Waals surface area contributed by atoms with Crippen LogP contribution in [0.1, 0.15) is 78.8 Å². The van der Waals surface area contributed by atoms with Crippen molar-refractivity contribution in [2.75, 3.05) is 13.1 Å². The molecule has 37 heavy (non-hydrogen) atoms. The lowest BCUT2D eigenvalue weighted by atomic mass is 9.65. The number of nitrogens with one attached hydrogen (secondary N) is 1. The van der Waals surface area contributed by atoms with Crippen LogP contribution in [0, 0.1) is 22.7 Å². The Morgan fingerprint density at radius 2 is 1.57 bits per heavy atom. The zero-order valence-electron chi connectivity index (χ0n) is 23.0. The fraction of sp³-hybridized carbons (Fsp3) is 0.531. The maximum Gasteiger partial charge on any atom is 0.245 e. The minimum atomic E-state index is -0.688. The van der Waals surface area contributed by atoms with Crippen molar-refractivity contribution in [1.82, 2.24) is 10.2 Å². The number of hydrogen-bond donors (Lipinski definition) is 1. The van der Waals surface area contributed by atoms with Gasteiger partial charge in [0.2, 0.25) is 11.8 Å². The average molecular weight is 505 g/mol. The highest BCUT2D eigenvalue weighted by Crippen LogP contribution is 2.57. The van der Waals surface area contributed by atoms with E-state index in [1.807, 2.05) is 30.9 Å². The number of hydrogen-bond acceptors (Lipinski definition) is 3. The second kappa shape index (κ2) is 10.8. The van der Waals surface area contributed by atoms with Gasteiger partial charge in [-0.2, -0.15) is 0 Å². The van der Waals surface area contributed by atoms with Crippen molar-refractivity contribution in [2.24, 2.45) is 22.7 Å². The third kappa shape index (κ3) is 5.10. The van der Waals surface area contributed by atoms with Crippen LogP contribution in [-0.4, -0.2) is 41.6 Å². The molecule has 1 saturated heterocycles. The fourth-order valence-corrected chi connectivity index (χ4v) is 6.45. The topological polar surface area (TPSA) is 66.5 Å². The van der Waals surface area contributed by atoms with Crippen molar-refractivity contribution >= 4 is 17.6 Å². The lowest BCUT2D eigenvalue weighted by Crippen LogP contribution is -2.46. The van der Waals surface area contributed by atoms with Crippen molar-refractivity contribution < 1.29 is 15.8 Å². The molecule has 200 valence electrons. The molecule has 0 bridgehead atoms. The van der Waals surface area contributed by atoms with Gasteiger partial charge in [0.25, 0.3) is 0 Å². The van der Waals surface area contributed by atoms with E-state index in [1.54, 1.807) is 0 Å². The van der Waals surface area contributed by atoms with Crippen LogP contribution >= 0.6 is 0 Å². The van der Waals surface area contributed by atoms with Gasteiger partial charge in [-0.25, -0.2) is 0 Å². The SMILES string of the molecule is CCCC1C(C(=O)NC2CCN(CCC(c3ccccc3)c3ccccc3)C2=O)C(=O)C(C)(C)C1(C)C.[HH]. The van der Waals surface area contributed by atoms with E-state index in [0.29, 0.717) is 19.5 Å². The minimum Gasteiger partial charge on any atom is -0.344 e. The molecule has 0 radical (unpaired) electrons. The molecule has 2 aromatic carbocycles. The van der Waals surface area contributed by atoms with Gasteiger partial charge >= 0.3 is 0 Å². The molecule has 2 fully saturated rings. The molecule has 2 aliphatic rings. The Kier molecular flexibility index (Phi) is 7.91. The van der Waals surface area contributed by atoms with Crippen LogP contribution in [0.5, 0.6) is 0 Å². The van der Waals surface area contributed by atoms with Gasteiger partial charge in [0.05, 0.1) is 0 Å². The largest absolute Gasteiger partial charge is 0.344 e. The summed E-state index contributed by atoms with van der Waals surface area (Å²) in [5.41, 5.74) is 1.61. The molecule has 2 amide bonds. The van der Waals surface area contributed by atoms with E-state index in [4.69, 9.17) is 0 Å². The number of nitrogens with zero attached hydrogens (tertiary/aromatic N) is 1. The summed E-state index contributed by atoms with van der Waals surface area (Å²) in [6.07, 6.45) is 3.13. The van der Waals surface area contributed by atoms with Crippen molar-refractivity contribution in [3.05, 3.63) is 71.8 Å². The molecule has 1 aliphatic carbocycles. The van der Waals surface area contributed by atoms with Crippen LogP contribution in [0.2, 0.25) is 0 Å². The predicted molar refractivity (Wildman–Crippen MR) is 149 cm³/mol. The molecule has 1 N–H and O–H groups in total. The van der Waals surface area contributed by atoms with E-state index in [1.165, 1.54) is 11.1 Å². The van der Waals surface area contributed by atoms with E-state index in [2.05, 4.69) is 74.6 Å². The van der Waals surface area contributed by atoms with Crippen LogP contribution in [0.25, 0.3) is 0 Å². The molecule has 5 heteroatoms. The highest BCUT2D eigenvalue weighted by molar-refractivity contribution is 6.07. The second-order valence-electron chi connectivity index (χ2n) is 11.9. The molecular weight excluding hydrogens is 460 g/mol. The van der Waals surface area contributed by atoms with E-state index < -0.39 is 17.4 Å². The van der Waals surface area contributed by atoms with Crippen molar-refractivity contribution in [3.63, 3.8) is 0 Å². The summed E-state index contributed by atoms with van der Waals surface area (Å²) in [5, 5.41) is 2.99. The molecule has 1 saturated carbocycles. The lowest BCUT2D eigenvalue weighted by molar-refractivity contribution is -0.139. The van der Waals surface area contributed by atoms with Crippen LogP contribution in [0.3, 0.4) is 0 Å². The Morgan fingerprint density at radius 1 is 1.00 bits per heavy atom. The van der Waals surface area contributed by atoms with E-state index in [9.17, 15) is 14.4 Å². The lowest BCUT2D eigenvalue weighted by Gasteiger charge is -2.37. The zero-order chi connectivity index (χ0) is 26.8. The maximum atomic E-state index is 13.5. The molecule has 0 aromatic heterocycles. The normalized spacial score (nSPS) is 24.6. The molecule has 0 spiro atoms. The number of Topliss-reactive ketones (excluding diaryl/α,β-unsaturated/α-hetero) is 1. The Morgan fingerprint density at radius 3 is 2.11 bits per heavy atom. The van der Waals surface area contributed by atoms with Gasteiger partial charge in [-0.05, 0) is 41.7 Å². The van der Waals surface area contributed by atoms with Crippen LogP contribution in [0.4, 0.5) is 0 Å². The number of benzene rings is 2. The third-order valence-corrected chi connectivity index (χ3v) is 9.43. The summed E-state index contributed by atoms with van der Waals surface area (Å²) in [4.78, 5) is 42.0. The Hall–Kier alpha value is -2.95. The first-order valence-corrected chi connectivity index (χ1v) is 13.8. The Labute approximate surface area is 223 Å². The van der Waals surface area contributed by atoms with Gasteiger partial charge in [-0.1, -0.05) is 102 Å². The summed E-state index contributed by atoms with van der Waals surface area (Å²) in [6, 6.07) is 20.3. The summed E-state index contributed by atoms with van der Waals surface area (Å²) in [6.45, 7) is 11.5. The molecule has 1 heterocycles. The van der Waals surface area contributed by atoms with Crippen LogP contribution < -0.4 is 5.32 Å². The quantitative estimate of drug-likeness (QED) is 0.436. The number of carbonyl (C=O) groups excluding carboxylic acids is 3. The smallest absolute Gasteiger partial charge is 0.245 e. The molecule has 5 nitrogen and oxygen atoms in total. The third-order valence-electron chi connectivity index (χ3n) is 9.43. The number of carbonyl (C=O) groups is 3. The summed E-state index contributed by atoms with van der Waals surface area (Å²) >= 11 is 0. The summed E-state index contributed by atoms with van der Waals surface area (Å²) in [5.74, 6) is -0.820. The first kappa shape index (κ1) is 27.1. The summed E-state index contributed by atoms with van der Waals surface area (Å²) in [7, 11) is 0. The first-order chi connectivity index (χ1) is 17.6. The number of amides is 2. The van der Waals surface area contributed by atoms with Gasteiger partial charge in [0, 0.05) is 25.8 Å². The maximum absolute atomic E-state index is 13.5. The highest BCUT2D eigenvalue weighted by atomic mass is 16.2. The van der Waals surface area contributed by atoms with E-state index in [-0.39, 0.29) is 36.3 Å². The molecule has 2 aromatic rings.